The maximum absolute atomic E-state index is 14.1. The number of rotatable bonds is 4. The van der Waals surface area contributed by atoms with E-state index in [1.807, 2.05) is 49.5 Å². The van der Waals surface area contributed by atoms with Gasteiger partial charge in [-0.2, -0.15) is 0 Å². The molecule has 0 atom stereocenters. The van der Waals surface area contributed by atoms with Crippen molar-refractivity contribution in [3.8, 4) is 0 Å². The van der Waals surface area contributed by atoms with E-state index in [9.17, 15) is 4.39 Å². The van der Waals surface area contributed by atoms with E-state index < -0.39 is 0 Å². The number of benzene rings is 2. The summed E-state index contributed by atoms with van der Waals surface area (Å²) in [7, 11) is 1.89. The molecule has 0 aliphatic carbocycles. The van der Waals surface area contributed by atoms with Gasteiger partial charge in [0.25, 0.3) is 0 Å². The quantitative estimate of drug-likeness (QED) is 0.788. The fourth-order valence-corrected chi connectivity index (χ4v) is 2.59. The Morgan fingerprint density at radius 2 is 1.90 bits per heavy atom. The fourth-order valence-electron chi connectivity index (χ4n) is 2.59. The van der Waals surface area contributed by atoms with E-state index >= 15 is 0 Å². The Bertz CT molecular complexity index is 763. The van der Waals surface area contributed by atoms with Crippen LogP contribution in [0.15, 0.2) is 54.7 Å². The second kappa shape index (κ2) is 6.02. The third-order valence-corrected chi connectivity index (χ3v) is 3.61. The molecule has 21 heavy (non-hydrogen) atoms. The zero-order valence-electron chi connectivity index (χ0n) is 11.9. The van der Waals surface area contributed by atoms with E-state index in [0.717, 1.165) is 34.1 Å². The molecule has 0 fully saturated rings. The highest BCUT2D eigenvalue weighted by Gasteiger charge is 2.07. The van der Waals surface area contributed by atoms with Gasteiger partial charge in [0.05, 0.1) is 5.52 Å². The molecule has 3 aromatic rings. The number of fused-ring (bicyclic) bond motifs is 1. The van der Waals surface area contributed by atoms with Gasteiger partial charge >= 0.3 is 0 Å². The molecule has 2 nitrogen and oxygen atoms in total. The van der Waals surface area contributed by atoms with Gasteiger partial charge in [-0.15, -0.1) is 0 Å². The second-order valence-electron chi connectivity index (χ2n) is 5.12. The molecule has 1 heterocycles. The molecule has 0 amide bonds. The maximum atomic E-state index is 14.1. The number of para-hydroxylation sites is 1. The number of pyridine rings is 1. The highest BCUT2D eigenvalue weighted by molar-refractivity contribution is 5.82. The lowest BCUT2D eigenvalue weighted by atomic mass is 9.99. The van der Waals surface area contributed by atoms with Crippen molar-refractivity contribution >= 4 is 10.9 Å². The minimum Gasteiger partial charge on any atom is -0.316 e. The highest BCUT2D eigenvalue weighted by Crippen LogP contribution is 2.21. The van der Waals surface area contributed by atoms with Crippen LogP contribution in [0.1, 0.15) is 16.7 Å². The Kier molecular flexibility index (Phi) is 3.93. The van der Waals surface area contributed by atoms with Crippen LogP contribution in [-0.4, -0.2) is 12.0 Å². The number of hydrogen-bond acceptors (Lipinski definition) is 2. The summed E-state index contributed by atoms with van der Waals surface area (Å²) in [5.74, 6) is -0.157. The Morgan fingerprint density at radius 3 is 2.76 bits per heavy atom. The number of halogens is 1. The molecule has 0 saturated carbocycles. The molecule has 0 aliphatic heterocycles. The monoisotopic (exact) mass is 280 g/mol. The van der Waals surface area contributed by atoms with Crippen molar-refractivity contribution < 1.29 is 4.39 Å². The molecule has 0 spiro atoms. The number of nitrogens with one attached hydrogen (secondary N) is 1. The molecule has 106 valence electrons. The lowest BCUT2D eigenvalue weighted by Gasteiger charge is -2.09. The molecule has 0 saturated heterocycles. The van der Waals surface area contributed by atoms with E-state index in [1.165, 1.54) is 0 Å². The van der Waals surface area contributed by atoms with Crippen LogP contribution in [0.2, 0.25) is 0 Å². The zero-order chi connectivity index (χ0) is 14.7. The zero-order valence-corrected chi connectivity index (χ0v) is 11.9. The van der Waals surface area contributed by atoms with Crippen molar-refractivity contribution in [3.05, 3.63) is 77.2 Å². The van der Waals surface area contributed by atoms with E-state index in [2.05, 4.69) is 10.3 Å². The molecule has 0 radical (unpaired) electrons. The van der Waals surface area contributed by atoms with Crippen molar-refractivity contribution in [3.63, 3.8) is 0 Å². The summed E-state index contributed by atoms with van der Waals surface area (Å²) in [6.45, 7) is 0.740. The Balaban J connectivity index is 2.00. The van der Waals surface area contributed by atoms with Crippen LogP contribution in [0.25, 0.3) is 10.9 Å². The van der Waals surface area contributed by atoms with Gasteiger partial charge in [0, 0.05) is 24.5 Å². The van der Waals surface area contributed by atoms with Crippen LogP contribution < -0.4 is 5.32 Å². The molecule has 1 aromatic heterocycles. The summed E-state index contributed by atoms with van der Waals surface area (Å²) in [6.07, 6.45) is 2.36. The van der Waals surface area contributed by atoms with Crippen LogP contribution in [0.5, 0.6) is 0 Å². The van der Waals surface area contributed by atoms with Crippen LogP contribution in [0, 0.1) is 5.82 Å². The van der Waals surface area contributed by atoms with Gasteiger partial charge in [0.2, 0.25) is 0 Å². The summed E-state index contributed by atoms with van der Waals surface area (Å²) in [5.41, 5.74) is 3.86. The first-order valence-electron chi connectivity index (χ1n) is 7.02. The highest BCUT2D eigenvalue weighted by atomic mass is 19.1. The summed E-state index contributed by atoms with van der Waals surface area (Å²) >= 11 is 0. The van der Waals surface area contributed by atoms with Crippen molar-refractivity contribution in [2.24, 2.45) is 0 Å². The molecule has 0 bridgehead atoms. The lowest BCUT2D eigenvalue weighted by Crippen LogP contribution is -2.06. The van der Waals surface area contributed by atoms with Gasteiger partial charge in [-0.05, 0) is 41.9 Å². The molecular weight excluding hydrogens is 263 g/mol. The number of nitrogens with zero attached hydrogens (tertiary/aromatic N) is 1. The van der Waals surface area contributed by atoms with Gasteiger partial charge in [0.1, 0.15) is 5.82 Å². The van der Waals surface area contributed by atoms with Gasteiger partial charge in [0.15, 0.2) is 0 Å². The normalized spacial score (nSPS) is 11.0. The van der Waals surface area contributed by atoms with E-state index in [0.29, 0.717) is 6.42 Å². The largest absolute Gasteiger partial charge is 0.316 e. The molecule has 2 aromatic carbocycles. The molecule has 0 unspecified atom stereocenters. The van der Waals surface area contributed by atoms with E-state index in [4.69, 9.17) is 0 Å². The summed E-state index contributed by atoms with van der Waals surface area (Å²) in [4.78, 5) is 4.35. The Labute approximate surface area is 123 Å². The first-order valence-corrected chi connectivity index (χ1v) is 7.02. The topological polar surface area (TPSA) is 24.9 Å². The lowest BCUT2D eigenvalue weighted by molar-refractivity contribution is 0.612. The third kappa shape index (κ3) is 2.93. The second-order valence-corrected chi connectivity index (χ2v) is 5.12. The van der Waals surface area contributed by atoms with Crippen molar-refractivity contribution in [2.45, 2.75) is 13.0 Å². The van der Waals surface area contributed by atoms with E-state index in [1.54, 1.807) is 12.3 Å². The van der Waals surface area contributed by atoms with Crippen molar-refractivity contribution in [1.82, 2.24) is 10.3 Å². The van der Waals surface area contributed by atoms with Gasteiger partial charge < -0.3 is 5.32 Å². The predicted octanol–water partition coefficient (Wildman–Crippen LogP) is 3.68. The van der Waals surface area contributed by atoms with Crippen LogP contribution in [-0.2, 0) is 13.0 Å². The number of hydrogen-bond donors (Lipinski definition) is 1. The smallest absolute Gasteiger partial charge is 0.126 e. The van der Waals surface area contributed by atoms with Gasteiger partial charge in [-0.25, -0.2) is 4.39 Å². The first-order chi connectivity index (χ1) is 10.3. The Morgan fingerprint density at radius 1 is 1.05 bits per heavy atom. The van der Waals surface area contributed by atoms with Crippen molar-refractivity contribution in [2.75, 3.05) is 7.05 Å². The molecule has 1 N–H and O–H groups in total. The standard InChI is InChI=1S/C18H17FN2/c1-20-12-13-6-7-17(19)15(10-13)11-14-8-9-21-18-5-3-2-4-16(14)18/h2-10,20H,11-12H2,1H3. The predicted molar refractivity (Wildman–Crippen MR) is 83.7 cm³/mol. The van der Waals surface area contributed by atoms with Gasteiger partial charge in [-0.1, -0.05) is 30.3 Å². The third-order valence-electron chi connectivity index (χ3n) is 3.61. The minimum absolute atomic E-state index is 0.157. The molecule has 0 aliphatic rings. The number of aromatic nitrogens is 1. The summed E-state index contributed by atoms with van der Waals surface area (Å²) < 4.78 is 14.1. The molecule has 3 rings (SSSR count). The van der Waals surface area contributed by atoms with E-state index in [-0.39, 0.29) is 5.82 Å². The first kappa shape index (κ1) is 13.7. The average molecular weight is 280 g/mol. The van der Waals surface area contributed by atoms with Crippen LogP contribution in [0.3, 0.4) is 0 Å². The SMILES string of the molecule is CNCc1ccc(F)c(Cc2ccnc3ccccc23)c1. The molecule has 3 heteroatoms. The van der Waals surface area contributed by atoms with Crippen LogP contribution in [0.4, 0.5) is 4.39 Å². The maximum Gasteiger partial charge on any atom is 0.126 e. The Hall–Kier alpha value is -2.26. The molecular formula is C18H17FN2. The fraction of sp³-hybridized carbons (Fsp3) is 0.167. The van der Waals surface area contributed by atoms with Crippen molar-refractivity contribution in [1.29, 1.82) is 0 Å². The van der Waals surface area contributed by atoms with Crippen LogP contribution >= 0.6 is 0 Å². The average Bonchev–Trinajstić information content (AvgIpc) is 2.51. The summed E-state index contributed by atoms with van der Waals surface area (Å²) in [5, 5.41) is 4.17. The summed E-state index contributed by atoms with van der Waals surface area (Å²) in [6, 6.07) is 15.2. The minimum atomic E-state index is -0.157. The van der Waals surface area contributed by atoms with Gasteiger partial charge in [-0.3, -0.25) is 4.98 Å².